The van der Waals surface area contributed by atoms with E-state index in [1.54, 1.807) is 29.4 Å². The summed E-state index contributed by atoms with van der Waals surface area (Å²) in [5.41, 5.74) is 5.37. The number of methoxy groups -OCH3 is 1. The van der Waals surface area contributed by atoms with Gasteiger partial charge in [-0.15, -0.1) is 11.3 Å². The standard InChI is InChI=1S/C16H12N2O2S/c1-20-12-4-2-10-8-18(16(19)13(10)7-12)11-3-5-15-14(6-11)17-9-21-15/h2-7,9H,8H2,1H3. The Morgan fingerprint density at radius 1 is 1.24 bits per heavy atom. The number of thiazole rings is 1. The summed E-state index contributed by atoms with van der Waals surface area (Å²) < 4.78 is 6.33. The summed E-state index contributed by atoms with van der Waals surface area (Å²) in [7, 11) is 1.61. The van der Waals surface area contributed by atoms with Crippen LogP contribution >= 0.6 is 11.3 Å². The minimum Gasteiger partial charge on any atom is -0.497 e. The van der Waals surface area contributed by atoms with Crippen molar-refractivity contribution in [3.05, 3.63) is 53.0 Å². The Bertz CT molecular complexity index is 856. The third-order valence-corrected chi connectivity index (χ3v) is 4.56. The maximum Gasteiger partial charge on any atom is 0.259 e. The first-order valence-corrected chi connectivity index (χ1v) is 7.46. The highest BCUT2D eigenvalue weighted by atomic mass is 32.1. The molecule has 1 aliphatic rings. The van der Waals surface area contributed by atoms with Gasteiger partial charge in [0, 0.05) is 11.3 Å². The highest BCUT2D eigenvalue weighted by Gasteiger charge is 2.29. The van der Waals surface area contributed by atoms with Crippen LogP contribution in [0.1, 0.15) is 15.9 Å². The molecule has 2 heterocycles. The van der Waals surface area contributed by atoms with Crippen molar-refractivity contribution in [3.8, 4) is 5.75 Å². The summed E-state index contributed by atoms with van der Waals surface area (Å²) in [6.07, 6.45) is 0. The molecule has 1 aromatic heterocycles. The third-order valence-electron chi connectivity index (χ3n) is 3.75. The Morgan fingerprint density at radius 2 is 2.14 bits per heavy atom. The maximum atomic E-state index is 12.6. The predicted octanol–water partition coefficient (Wildman–Crippen LogP) is 3.47. The van der Waals surface area contributed by atoms with Crippen LogP contribution in [0.5, 0.6) is 5.75 Å². The molecule has 21 heavy (non-hydrogen) atoms. The molecular weight excluding hydrogens is 284 g/mol. The predicted molar refractivity (Wildman–Crippen MR) is 83.1 cm³/mol. The normalized spacial score (nSPS) is 13.8. The van der Waals surface area contributed by atoms with Crippen LogP contribution < -0.4 is 9.64 Å². The lowest BCUT2D eigenvalue weighted by atomic mass is 10.1. The molecule has 2 aromatic carbocycles. The number of nitrogens with zero attached hydrogens (tertiary/aromatic N) is 2. The summed E-state index contributed by atoms with van der Waals surface area (Å²) in [6, 6.07) is 11.6. The maximum absolute atomic E-state index is 12.6. The van der Waals surface area contributed by atoms with Gasteiger partial charge < -0.3 is 9.64 Å². The number of hydrogen-bond donors (Lipinski definition) is 0. The van der Waals surface area contributed by atoms with E-state index in [9.17, 15) is 4.79 Å². The molecule has 0 N–H and O–H groups in total. The SMILES string of the molecule is COc1ccc2c(c1)C(=O)N(c1ccc3scnc3c1)C2. The summed E-state index contributed by atoms with van der Waals surface area (Å²) in [5.74, 6) is 0.720. The van der Waals surface area contributed by atoms with Gasteiger partial charge in [0.25, 0.3) is 5.91 Å². The number of amides is 1. The van der Waals surface area contributed by atoms with Gasteiger partial charge in [0.1, 0.15) is 5.75 Å². The number of ether oxygens (including phenoxy) is 1. The van der Waals surface area contributed by atoms with Gasteiger partial charge in [-0.25, -0.2) is 4.98 Å². The lowest BCUT2D eigenvalue weighted by molar-refractivity contribution is 0.0996. The molecule has 104 valence electrons. The molecule has 0 saturated heterocycles. The topological polar surface area (TPSA) is 42.4 Å². The van der Waals surface area contributed by atoms with Gasteiger partial charge in [0.15, 0.2) is 0 Å². The van der Waals surface area contributed by atoms with Crippen LogP contribution in [0.3, 0.4) is 0 Å². The Hall–Kier alpha value is -2.40. The largest absolute Gasteiger partial charge is 0.497 e. The Morgan fingerprint density at radius 3 is 3.00 bits per heavy atom. The third kappa shape index (κ3) is 1.89. The average molecular weight is 296 g/mol. The van der Waals surface area contributed by atoms with Crippen LogP contribution in [0, 0.1) is 0 Å². The van der Waals surface area contributed by atoms with Crippen LogP contribution in [0.4, 0.5) is 5.69 Å². The van der Waals surface area contributed by atoms with Crippen molar-refractivity contribution in [2.45, 2.75) is 6.54 Å². The summed E-state index contributed by atoms with van der Waals surface area (Å²) in [6.45, 7) is 0.591. The van der Waals surface area contributed by atoms with E-state index in [1.807, 2.05) is 35.8 Å². The van der Waals surface area contributed by atoms with Crippen LogP contribution in [-0.2, 0) is 6.54 Å². The van der Waals surface area contributed by atoms with Crippen LogP contribution in [-0.4, -0.2) is 18.0 Å². The highest BCUT2D eigenvalue weighted by Crippen LogP contribution is 2.32. The van der Waals surface area contributed by atoms with Crippen molar-refractivity contribution in [2.24, 2.45) is 0 Å². The first-order valence-electron chi connectivity index (χ1n) is 6.58. The number of hydrogen-bond acceptors (Lipinski definition) is 4. The number of benzene rings is 2. The molecule has 0 atom stereocenters. The lowest BCUT2D eigenvalue weighted by Gasteiger charge is -2.15. The molecule has 3 aromatic rings. The molecule has 0 saturated carbocycles. The first kappa shape index (κ1) is 12.3. The van der Waals surface area contributed by atoms with Crippen LogP contribution in [0.25, 0.3) is 10.2 Å². The second-order valence-electron chi connectivity index (χ2n) is 4.92. The second kappa shape index (κ2) is 4.56. The number of aromatic nitrogens is 1. The van der Waals surface area contributed by atoms with E-state index in [2.05, 4.69) is 4.98 Å². The van der Waals surface area contributed by atoms with E-state index in [1.165, 1.54) is 0 Å². The Balaban J connectivity index is 1.75. The van der Waals surface area contributed by atoms with Gasteiger partial charge >= 0.3 is 0 Å². The van der Waals surface area contributed by atoms with E-state index in [0.717, 1.165) is 21.5 Å². The number of anilines is 1. The summed E-state index contributed by atoms with van der Waals surface area (Å²) in [5, 5.41) is 0. The lowest BCUT2D eigenvalue weighted by Crippen LogP contribution is -2.22. The fraction of sp³-hybridized carbons (Fsp3) is 0.125. The Kier molecular flexibility index (Phi) is 2.68. The van der Waals surface area contributed by atoms with Crippen LogP contribution in [0.15, 0.2) is 41.9 Å². The van der Waals surface area contributed by atoms with E-state index in [0.29, 0.717) is 17.9 Å². The van der Waals surface area contributed by atoms with Crippen LogP contribution in [0.2, 0.25) is 0 Å². The fourth-order valence-electron chi connectivity index (χ4n) is 2.63. The van der Waals surface area contributed by atoms with Gasteiger partial charge in [-0.1, -0.05) is 6.07 Å². The van der Waals surface area contributed by atoms with Gasteiger partial charge in [0.05, 0.1) is 29.4 Å². The van der Waals surface area contributed by atoms with Crippen molar-refractivity contribution >= 4 is 33.1 Å². The molecule has 5 heteroatoms. The van der Waals surface area contributed by atoms with Crippen molar-refractivity contribution in [2.75, 3.05) is 12.0 Å². The van der Waals surface area contributed by atoms with E-state index in [4.69, 9.17) is 4.74 Å². The molecule has 0 spiro atoms. The fourth-order valence-corrected chi connectivity index (χ4v) is 3.29. The molecule has 1 aliphatic heterocycles. The number of rotatable bonds is 2. The molecule has 0 fully saturated rings. The zero-order chi connectivity index (χ0) is 14.4. The minimum atomic E-state index is 0.0125. The average Bonchev–Trinajstić information content (AvgIpc) is 3.11. The van der Waals surface area contributed by atoms with Crippen molar-refractivity contribution in [3.63, 3.8) is 0 Å². The molecule has 0 bridgehead atoms. The number of carbonyl (C=O) groups excluding carboxylic acids is 1. The van der Waals surface area contributed by atoms with Crippen molar-refractivity contribution < 1.29 is 9.53 Å². The van der Waals surface area contributed by atoms with E-state index >= 15 is 0 Å². The summed E-state index contributed by atoms with van der Waals surface area (Å²) in [4.78, 5) is 18.7. The molecule has 0 unspecified atom stereocenters. The zero-order valence-corrected chi connectivity index (χ0v) is 12.2. The molecule has 0 radical (unpaired) electrons. The number of fused-ring (bicyclic) bond motifs is 2. The Labute approximate surface area is 125 Å². The molecule has 4 rings (SSSR count). The smallest absolute Gasteiger partial charge is 0.259 e. The van der Waals surface area contributed by atoms with Gasteiger partial charge in [-0.3, -0.25) is 4.79 Å². The van der Waals surface area contributed by atoms with Crippen molar-refractivity contribution in [1.82, 2.24) is 4.98 Å². The highest BCUT2D eigenvalue weighted by molar-refractivity contribution is 7.16. The monoisotopic (exact) mass is 296 g/mol. The molecule has 4 nitrogen and oxygen atoms in total. The molecule has 1 amide bonds. The minimum absolute atomic E-state index is 0.0125. The van der Waals surface area contributed by atoms with Gasteiger partial charge in [0.2, 0.25) is 0 Å². The van der Waals surface area contributed by atoms with E-state index in [-0.39, 0.29) is 5.91 Å². The molecular formula is C16H12N2O2S. The van der Waals surface area contributed by atoms with Crippen molar-refractivity contribution in [1.29, 1.82) is 0 Å². The quantitative estimate of drug-likeness (QED) is 0.727. The second-order valence-corrected chi connectivity index (χ2v) is 5.81. The number of carbonyl (C=O) groups is 1. The van der Waals surface area contributed by atoms with Gasteiger partial charge in [-0.05, 0) is 35.9 Å². The van der Waals surface area contributed by atoms with E-state index < -0.39 is 0 Å². The first-order chi connectivity index (χ1) is 10.3. The van der Waals surface area contributed by atoms with Gasteiger partial charge in [-0.2, -0.15) is 0 Å². The zero-order valence-electron chi connectivity index (χ0n) is 11.4. The summed E-state index contributed by atoms with van der Waals surface area (Å²) >= 11 is 1.60. The molecule has 0 aliphatic carbocycles.